The van der Waals surface area contributed by atoms with Crippen molar-refractivity contribution < 1.29 is 9.18 Å². The summed E-state index contributed by atoms with van der Waals surface area (Å²) in [5.41, 5.74) is 0.499. The van der Waals surface area contributed by atoms with Gasteiger partial charge < -0.3 is 15.1 Å². The second kappa shape index (κ2) is 10.9. The fourth-order valence-corrected chi connectivity index (χ4v) is 3.95. The lowest BCUT2D eigenvalue weighted by Crippen LogP contribution is -2.51. The van der Waals surface area contributed by atoms with Crippen molar-refractivity contribution in [2.24, 2.45) is 0 Å². The van der Waals surface area contributed by atoms with Gasteiger partial charge in [-0.25, -0.2) is 4.39 Å². The van der Waals surface area contributed by atoms with Gasteiger partial charge in [-0.1, -0.05) is 24.6 Å². The van der Waals surface area contributed by atoms with Crippen molar-refractivity contribution in [3.8, 4) is 0 Å². The van der Waals surface area contributed by atoms with E-state index in [1.807, 2.05) is 4.90 Å². The lowest BCUT2D eigenvalue weighted by molar-refractivity contribution is -0.133. The van der Waals surface area contributed by atoms with Crippen LogP contribution in [0.1, 0.15) is 37.7 Å². The Morgan fingerprint density at radius 2 is 1.96 bits per heavy atom. The number of carbonyl (C=O) groups is 1. The molecule has 1 aromatic carbocycles. The minimum Gasteiger partial charge on any atom is -0.337 e. The summed E-state index contributed by atoms with van der Waals surface area (Å²) in [6, 6.07) is 6.85. The summed E-state index contributed by atoms with van der Waals surface area (Å²) < 4.78 is 13.9. The lowest BCUT2D eigenvalue weighted by Gasteiger charge is -2.37. The van der Waals surface area contributed by atoms with E-state index in [0.29, 0.717) is 5.56 Å². The summed E-state index contributed by atoms with van der Waals surface area (Å²) in [4.78, 5) is 17.4. The maximum Gasteiger partial charge on any atom is 0.227 e. The third-order valence-electron chi connectivity index (χ3n) is 5.44. The molecule has 1 unspecified atom stereocenters. The number of hydrogen-bond donors (Lipinski definition) is 1. The molecule has 1 amide bonds. The van der Waals surface area contributed by atoms with E-state index in [-0.39, 0.29) is 36.6 Å². The highest BCUT2D eigenvalue weighted by molar-refractivity contribution is 5.85. The van der Waals surface area contributed by atoms with Crippen LogP contribution < -0.4 is 5.32 Å². The second-order valence-corrected chi connectivity index (χ2v) is 7.26. The van der Waals surface area contributed by atoms with Crippen molar-refractivity contribution >= 4 is 18.3 Å². The van der Waals surface area contributed by atoms with Crippen molar-refractivity contribution in [1.29, 1.82) is 0 Å². The third-order valence-corrected chi connectivity index (χ3v) is 5.44. The zero-order valence-corrected chi connectivity index (χ0v) is 16.3. The van der Waals surface area contributed by atoms with E-state index in [1.165, 1.54) is 25.3 Å². The summed E-state index contributed by atoms with van der Waals surface area (Å²) in [6.07, 6.45) is 6.12. The Hall–Kier alpha value is -1.17. The quantitative estimate of drug-likeness (QED) is 0.820. The largest absolute Gasteiger partial charge is 0.337 e. The van der Waals surface area contributed by atoms with Crippen LogP contribution >= 0.6 is 12.4 Å². The number of nitrogens with one attached hydrogen (secondary N) is 1. The van der Waals surface area contributed by atoms with Crippen molar-refractivity contribution in [3.05, 3.63) is 35.6 Å². The molecular weight excluding hydrogens is 353 g/mol. The minimum atomic E-state index is -0.284. The van der Waals surface area contributed by atoms with Crippen LogP contribution in [0.15, 0.2) is 24.3 Å². The van der Waals surface area contributed by atoms with E-state index in [0.717, 1.165) is 52.1 Å². The normalized spacial score (nSPS) is 21.0. The molecule has 3 rings (SSSR count). The highest BCUT2D eigenvalue weighted by atomic mass is 35.5. The first-order valence-corrected chi connectivity index (χ1v) is 9.70. The molecule has 2 aliphatic heterocycles. The molecule has 2 aliphatic rings. The molecule has 0 radical (unpaired) electrons. The molecule has 26 heavy (non-hydrogen) atoms. The molecule has 0 bridgehead atoms. The topological polar surface area (TPSA) is 35.6 Å². The first-order valence-electron chi connectivity index (χ1n) is 9.70. The zero-order chi connectivity index (χ0) is 17.5. The van der Waals surface area contributed by atoms with Gasteiger partial charge in [0.25, 0.3) is 0 Å². The van der Waals surface area contributed by atoms with E-state index < -0.39 is 0 Å². The maximum atomic E-state index is 13.9. The Labute approximate surface area is 162 Å². The predicted molar refractivity (Wildman–Crippen MR) is 105 cm³/mol. The van der Waals surface area contributed by atoms with Gasteiger partial charge in [-0.05, 0) is 56.9 Å². The van der Waals surface area contributed by atoms with Crippen LogP contribution in [0.2, 0.25) is 0 Å². The van der Waals surface area contributed by atoms with Gasteiger partial charge in [0.1, 0.15) is 5.82 Å². The van der Waals surface area contributed by atoms with Gasteiger partial charge in [-0.3, -0.25) is 4.79 Å². The summed E-state index contributed by atoms with van der Waals surface area (Å²) >= 11 is 0. The zero-order valence-electron chi connectivity index (χ0n) is 15.5. The van der Waals surface area contributed by atoms with Crippen molar-refractivity contribution in [1.82, 2.24) is 15.1 Å². The van der Waals surface area contributed by atoms with Crippen LogP contribution in [0.25, 0.3) is 0 Å². The summed E-state index contributed by atoms with van der Waals surface area (Å²) in [5, 5.41) is 3.40. The Morgan fingerprint density at radius 1 is 1.19 bits per heavy atom. The monoisotopic (exact) mass is 383 g/mol. The molecular formula is C20H31ClFN3O. The molecule has 0 spiro atoms. The smallest absolute Gasteiger partial charge is 0.227 e. The molecule has 2 saturated heterocycles. The maximum absolute atomic E-state index is 13.9. The van der Waals surface area contributed by atoms with Gasteiger partial charge in [0.05, 0.1) is 6.42 Å². The van der Waals surface area contributed by atoms with Crippen LogP contribution in [0.5, 0.6) is 0 Å². The SMILES string of the molecule is Cl.O=C(Cc1ccccc1F)N(CCN1CCCCC1)C1CCCNC1. The van der Waals surface area contributed by atoms with E-state index in [9.17, 15) is 9.18 Å². The summed E-state index contributed by atoms with van der Waals surface area (Å²) in [6.45, 7) is 5.83. The third kappa shape index (κ3) is 5.93. The highest BCUT2D eigenvalue weighted by Crippen LogP contribution is 2.16. The number of hydrogen-bond acceptors (Lipinski definition) is 3. The van der Waals surface area contributed by atoms with Crippen LogP contribution in [-0.4, -0.2) is 61.0 Å². The fourth-order valence-electron chi connectivity index (χ4n) is 3.95. The number of carbonyl (C=O) groups excluding carboxylic acids is 1. The standard InChI is InChI=1S/C20H30FN3O.ClH/c21-19-9-3-2-7-17(19)15-20(25)24(18-8-6-10-22-16-18)14-13-23-11-4-1-5-12-23;/h2-3,7,9,18,22H,1,4-6,8,10-16H2;1H. The Balaban J connectivity index is 0.00000243. The molecule has 1 atom stereocenters. The number of likely N-dealkylation sites (tertiary alicyclic amines) is 1. The second-order valence-electron chi connectivity index (χ2n) is 7.26. The van der Waals surface area contributed by atoms with Crippen LogP contribution in [0, 0.1) is 5.82 Å². The van der Waals surface area contributed by atoms with Gasteiger partial charge in [0.15, 0.2) is 0 Å². The van der Waals surface area contributed by atoms with Gasteiger partial charge in [0, 0.05) is 25.7 Å². The van der Waals surface area contributed by atoms with Crippen LogP contribution in [-0.2, 0) is 11.2 Å². The van der Waals surface area contributed by atoms with Gasteiger partial charge in [-0.15, -0.1) is 12.4 Å². The molecule has 0 saturated carbocycles. The van der Waals surface area contributed by atoms with E-state index in [2.05, 4.69) is 10.2 Å². The minimum absolute atomic E-state index is 0. The van der Waals surface area contributed by atoms with E-state index in [1.54, 1.807) is 18.2 Å². The molecule has 2 fully saturated rings. The molecule has 6 heteroatoms. The number of rotatable bonds is 6. The molecule has 0 aliphatic carbocycles. The van der Waals surface area contributed by atoms with Crippen molar-refractivity contribution in [3.63, 3.8) is 0 Å². The van der Waals surface area contributed by atoms with E-state index in [4.69, 9.17) is 0 Å². The number of halogens is 2. The average Bonchev–Trinajstić information content (AvgIpc) is 2.65. The van der Waals surface area contributed by atoms with E-state index >= 15 is 0 Å². The number of piperidine rings is 2. The Bertz CT molecular complexity index is 560. The number of nitrogens with zero attached hydrogens (tertiary/aromatic N) is 2. The molecule has 1 N–H and O–H groups in total. The lowest BCUT2D eigenvalue weighted by atomic mass is 10.0. The van der Waals surface area contributed by atoms with Gasteiger partial charge in [-0.2, -0.15) is 0 Å². The van der Waals surface area contributed by atoms with Crippen molar-refractivity contribution in [2.45, 2.75) is 44.6 Å². The molecule has 2 heterocycles. The van der Waals surface area contributed by atoms with Crippen LogP contribution in [0.3, 0.4) is 0 Å². The molecule has 1 aromatic rings. The predicted octanol–water partition coefficient (Wildman–Crippen LogP) is 2.86. The summed E-state index contributed by atoms with van der Waals surface area (Å²) in [7, 11) is 0. The Morgan fingerprint density at radius 3 is 2.65 bits per heavy atom. The van der Waals surface area contributed by atoms with Crippen LogP contribution in [0.4, 0.5) is 4.39 Å². The number of amides is 1. The van der Waals surface area contributed by atoms with Crippen molar-refractivity contribution in [2.75, 3.05) is 39.3 Å². The first kappa shape index (κ1) is 21.1. The average molecular weight is 384 g/mol. The highest BCUT2D eigenvalue weighted by Gasteiger charge is 2.26. The van der Waals surface area contributed by atoms with Gasteiger partial charge in [0.2, 0.25) is 5.91 Å². The first-order chi connectivity index (χ1) is 12.2. The molecule has 0 aromatic heterocycles. The molecule has 146 valence electrons. The summed E-state index contributed by atoms with van der Waals surface area (Å²) in [5.74, 6) is -0.232. The number of benzene rings is 1. The molecule has 4 nitrogen and oxygen atoms in total. The fraction of sp³-hybridized carbons (Fsp3) is 0.650. The van der Waals surface area contributed by atoms with Gasteiger partial charge >= 0.3 is 0 Å². The Kier molecular flexibility index (Phi) is 8.82.